The number of hydrogen-bond donors (Lipinski definition) is 3. The number of hydrogen-bond acceptors (Lipinski definition) is 5. The molecule has 0 aromatic carbocycles. The minimum absolute atomic E-state index is 0.0339. The van der Waals surface area contributed by atoms with E-state index in [0.29, 0.717) is 19.3 Å². The first kappa shape index (κ1) is 13.7. The minimum atomic E-state index is -0.270. The van der Waals surface area contributed by atoms with Crippen molar-refractivity contribution in [3.8, 4) is 0 Å². The van der Waals surface area contributed by atoms with Crippen molar-refractivity contribution in [1.82, 2.24) is 25.5 Å². The highest BCUT2D eigenvalue weighted by Gasteiger charge is 2.35. The van der Waals surface area contributed by atoms with Gasteiger partial charge in [0.15, 0.2) is 0 Å². The summed E-state index contributed by atoms with van der Waals surface area (Å²) in [6.45, 7) is 0. The highest BCUT2D eigenvalue weighted by molar-refractivity contribution is 5.90. The predicted molar refractivity (Wildman–Crippen MR) is 74.3 cm³/mol. The molecule has 2 aromatic heterocycles. The summed E-state index contributed by atoms with van der Waals surface area (Å²) in [6.07, 6.45) is 6.66. The van der Waals surface area contributed by atoms with Crippen molar-refractivity contribution in [3.63, 3.8) is 0 Å². The lowest BCUT2D eigenvalue weighted by molar-refractivity contribution is 0.0238. The van der Waals surface area contributed by atoms with E-state index in [1.54, 1.807) is 12.4 Å². The van der Waals surface area contributed by atoms with Gasteiger partial charge >= 0.3 is 0 Å². The quantitative estimate of drug-likeness (QED) is 0.734. The van der Waals surface area contributed by atoms with E-state index >= 15 is 0 Å². The van der Waals surface area contributed by atoms with Gasteiger partial charge in [0.1, 0.15) is 6.33 Å². The molecule has 21 heavy (non-hydrogen) atoms. The van der Waals surface area contributed by atoms with Gasteiger partial charge in [-0.1, -0.05) is 0 Å². The molecule has 1 saturated carbocycles. The Hall–Kier alpha value is -2.28. The molecule has 3 N–H and O–H groups in total. The first-order valence-electron chi connectivity index (χ1n) is 6.95. The zero-order chi connectivity index (χ0) is 14.7. The maximum atomic E-state index is 12.1. The second-order valence-corrected chi connectivity index (χ2v) is 5.36. The first-order valence-corrected chi connectivity index (χ1v) is 6.95. The molecular formula is C14H17N5O2. The van der Waals surface area contributed by atoms with Crippen LogP contribution in [0.2, 0.25) is 0 Å². The van der Waals surface area contributed by atoms with E-state index in [1.165, 1.54) is 6.33 Å². The molecule has 1 aliphatic rings. The molecule has 1 fully saturated rings. The number of amides is 1. The molecule has 1 atom stereocenters. The molecule has 0 spiro atoms. The SMILES string of the molecule is O=C(NC(Cc1ccncc1)C1CC(O)C1)c1ncn[nH]1. The Labute approximate surface area is 121 Å². The zero-order valence-electron chi connectivity index (χ0n) is 11.4. The molecule has 110 valence electrons. The van der Waals surface area contributed by atoms with Crippen LogP contribution in [0, 0.1) is 5.92 Å². The fraction of sp³-hybridized carbons (Fsp3) is 0.429. The largest absolute Gasteiger partial charge is 0.393 e. The molecule has 3 rings (SSSR count). The van der Waals surface area contributed by atoms with Crippen LogP contribution in [0.3, 0.4) is 0 Å². The van der Waals surface area contributed by atoms with E-state index in [2.05, 4.69) is 25.5 Å². The molecular weight excluding hydrogens is 270 g/mol. The second-order valence-electron chi connectivity index (χ2n) is 5.36. The third-order valence-electron chi connectivity index (χ3n) is 3.87. The van der Waals surface area contributed by atoms with Gasteiger partial charge in [-0.3, -0.25) is 14.9 Å². The summed E-state index contributed by atoms with van der Waals surface area (Å²) in [5.41, 5.74) is 1.11. The lowest BCUT2D eigenvalue weighted by Crippen LogP contribution is -2.48. The smallest absolute Gasteiger partial charge is 0.288 e. The van der Waals surface area contributed by atoms with Crippen molar-refractivity contribution in [2.75, 3.05) is 0 Å². The predicted octanol–water partition coefficient (Wildman–Crippen LogP) is 0.312. The summed E-state index contributed by atoms with van der Waals surface area (Å²) in [5.74, 6) is 0.211. The molecule has 2 heterocycles. The molecule has 0 bridgehead atoms. The van der Waals surface area contributed by atoms with Crippen molar-refractivity contribution in [2.45, 2.75) is 31.4 Å². The Morgan fingerprint density at radius 1 is 1.43 bits per heavy atom. The molecule has 1 aliphatic carbocycles. The summed E-state index contributed by atoms with van der Waals surface area (Å²) >= 11 is 0. The van der Waals surface area contributed by atoms with Crippen molar-refractivity contribution < 1.29 is 9.90 Å². The number of nitrogens with zero attached hydrogens (tertiary/aromatic N) is 3. The molecule has 1 amide bonds. The number of aliphatic hydroxyl groups excluding tert-OH is 1. The molecule has 1 unspecified atom stereocenters. The lowest BCUT2D eigenvalue weighted by atomic mass is 9.75. The summed E-state index contributed by atoms with van der Waals surface area (Å²) in [6, 6.07) is 3.83. The minimum Gasteiger partial charge on any atom is -0.393 e. The van der Waals surface area contributed by atoms with Crippen LogP contribution < -0.4 is 5.32 Å². The molecule has 7 heteroatoms. The Morgan fingerprint density at radius 2 is 2.19 bits per heavy atom. The van der Waals surface area contributed by atoms with Crippen LogP contribution >= 0.6 is 0 Å². The first-order chi connectivity index (χ1) is 10.2. The summed E-state index contributed by atoms with van der Waals surface area (Å²) in [5, 5.41) is 18.7. The van der Waals surface area contributed by atoms with Crippen molar-refractivity contribution in [2.24, 2.45) is 5.92 Å². The highest BCUT2D eigenvalue weighted by Crippen LogP contribution is 2.31. The highest BCUT2D eigenvalue weighted by atomic mass is 16.3. The number of rotatable bonds is 5. The van der Waals surface area contributed by atoms with Crippen LogP contribution in [0.15, 0.2) is 30.9 Å². The summed E-state index contributed by atoms with van der Waals surface area (Å²) < 4.78 is 0. The van der Waals surface area contributed by atoms with Gasteiger partial charge in [0.2, 0.25) is 5.82 Å². The molecule has 0 aliphatic heterocycles. The van der Waals surface area contributed by atoms with Crippen LogP contribution in [-0.4, -0.2) is 43.3 Å². The van der Waals surface area contributed by atoms with Gasteiger partial charge in [-0.2, -0.15) is 5.10 Å². The normalized spacial score (nSPS) is 22.3. The standard InChI is InChI=1S/C14H17N5O2/c20-11-6-10(7-11)12(5-9-1-3-15-4-2-9)18-14(21)13-16-8-17-19-13/h1-4,8,10-12,20H,5-7H2,(H,18,21)(H,16,17,19). The summed E-state index contributed by atoms with van der Waals surface area (Å²) in [4.78, 5) is 20.0. The van der Waals surface area contributed by atoms with Crippen molar-refractivity contribution in [1.29, 1.82) is 0 Å². The number of aromatic amines is 1. The average molecular weight is 287 g/mol. The van der Waals surface area contributed by atoms with Gasteiger partial charge in [0, 0.05) is 18.4 Å². The van der Waals surface area contributed by atoms with Crippen LogP contribution in [0.4, 0.5) is 0 Å². The van der Waals surface area contributed by atoms with Crippen LogP contribution in [0.1, 0.15) is 29.0 Å². The van der Waals surface area contributed by atoms with Crippen LogP contribution in [-0.2, 0) is 6.42 Å². The van der Waals surface area contributed by atoms with E-state index in [1.807, 2.05) is 12.1 Å². The van der Waals surface area contributed by atoms with E-state index in [0.717, 1.165) is 5.56 Å². The second kappa shape index (κ2) is 6.01. The third-order valence-corrected chi connectivity index (χ3v) is 3.87. The Balaban J connectivity index is 1.69. The fourth-order valence-electron chi connectivity index (χ4n) is 2.62. The number of carbonyl (C=O) groups is 1. The van der Waals surface area contributed by atoms with Gasteiger partial charge in [-0.15, -0.1) is 0 Å². The van der Waals surface area contributed by atoms with E-state index < -0.39 is 0 Å². The Morgan fingerprint density at radius 3 is 2.81 bits per heavy atom. The molecule has 7 nitrogen and oxygen atoms in total. The van der Waals surface area contributed by atoms with Gasteiger partial charge < -0.3 is 10.4 Å². The Kier molecular flexibility index (Phi) is 3.92. The maximum absolute atomic E-state index is 12.1. The number of aromatic nitrogens is 4. The molecule has 2 aromatic rings. The van der Waals surface area contributed by atoms with Gasteiger partial charge in [0.05, 0.1) is 6.10 Å². The molecule has 0 saturated heterocycles. The van der Waals surface area contributed by atoms with E-state index in [-0.39, 0.29) is 29.8 Å². The van der Waals surface area contributed by atoms with Crippen molar-refractivity contribution in [3.05, 3.63) is 42.2 Å². The van der Waals surface area contributed by atoms with Crippen LogP contribution in [0.25, 0.3) is 0 Å². The van der Waals surface area contributed by atoms with E-state index in [9.17, 15) is 9.90 Å². The number of pyridine rings is 1. The van der Waals surface area contributed by atoms with E-state index in [4.69, 9.17) is 0 Å². The number of aliphatic hydroxyl groups is 1. The number of H-pyrrole nitrogens is 1. The Bertz CT molecular complexity index is 581. The van der Waals surface area contributed by atoms with Crippen molar-refractivity contribution >= 4 is 5.91 Å². The van der Waals surface area contributed by atoms with Crippen LogP contribution in [0.5, 0.6) is 0 Å². The van der Waals surface area contributed by atoms with Gasteiger partial charge in [-0.25, -0.2) is 4.98 Å². The van der Waals surface area contributed by atoms with Gasteiger partial charge in [-0.05, 0) is 42.9 Å². The topological polar surface area (TPSA) is 104 Å². The number of nitrogens with one attached hydrogen (secondary N) is 2. The lowest BCUT2D eigenvalue weighted by Gasteiger charge is -2.38. The maximum Gasteiger partial charge on any atom is 0.288 e. The van der Waals surface area contributed by atoms with Gasteiger partial charge in [0.25, 0.3) is 5.91 Å². The average Bonchev–Trinajstić information content (AvgIpc) is 2.98. The fourth-order valence-corrected chi connectivity index (χ4v) is 2.62. The number of carbonyl (C=O) groups excluding carboxylic acids is 1. The monoisotopic (exact) mass is 287 g/mol. The summed E-state index contributed by atoms with van der Waals surface area (Å²) in [7, 11) is 0. The zero-order valence-corrected chi connectivity index (χ0v) is 11.4. The third kappa shape index (κ3) is 3.25. The molecule has 0 radical (unpaired) electrons.